The van der Waals surface area contributed by atoms with Crippen molar-refractivity contribution in [3.63, 3.8) is 0 Å². The molecular weight excluding hydrogens is 246 g/mol. The zero-order valence-corrected chi connectivity index (χ0v) is 12.4. The van der Waals surface area contributed by atoms with Gasteiger partial charge in [0.25, 0.3) is 0 Å². The van der Waals surface area contributed by atoms with E-state index in [2.05, 4.69) is 10.8 Å². The summed E-state index contributed by atoms with van der Waals surface area (Å²) in [6, 6.07) is 0. The lowest BCUT2D eigenvalue weighted by molar-refractivity contribution is -0.0110. The molecule has 4 fully saturated rings. The number of rotatable bonds is 5. The quantitative estimate of drug-likeness (QED) is 0.838. The largest absolute Gasteiger partial charge is 0.334 e. The summed E-state index contributed by atoms with van der Waals surface area (Å²) in [5.74, 6) is 4.40. The maximum absolute atomic E-state index is 5.63. The topological polar surface area (TPSA) is 43.8 Å². The Morgan fingerprint density at radius 1 is 1.10 bits per heavy atom. The van der Waals surface area contributed by atoms with Gasteiger partial charge < -0.3 is 10.3 Å². The maximum atomic E-state index is 5.63. The summed E-state index contributed by atoms with van der Waals surface area (Å²) in [5, 5.41) is 0. The molecule has 4 aliphatic rings. The maximum Gasteiger partial charge on any atom is 0.114 e. The average molecular weight is 273 g/mol. The first-order valence-electron chi connectivity index (χ1n) is 8.51. The minimum atomic E-state index is 0.432. The molecule has 20 heavy (non-hydrogen) atoms. The van der Waals surface area contributed by atoms with Gasteiger partial charge in [-0.05, 0) is 75.7 Å². The Morgan fingerprint density at radius 2 is 1.75 bits per heavy atom. The third-order valence-electron chi connectivity index (χ3n) is 6.08. The molecule has 0 aliphatic heterocycles. The molecule has 4 aliphatic carbocycles. The molecule has 3 heteroatoms. The van der Waals surface area contributed by atoms with Crippen molar-refractivity contribution >= 4 is 0 Å². The highest BCUT2D eigenvalue weighted by Crippen LogP contribution is 2.60. The Morgan fingerprint density at radius 3 is 2.35 bits per heavy atom. The summed E-state index contributed by atoms with van der Waals surface area (Å²) >= 11 is 0. The van der Waals surface area contributed by atoms with Crippen LogP contribution in [0, 0.1) is 17.8 Å². The van der Waals surface area contributed by atoms with Gasteiger partial charge in [-0.2, -0.15) is 0 Å². The van der Waals surface area contributed by atoms with Gasteiger partial charge in [-0.1, -0.05) is 0 Å². The van der Waals surface area contributed by atoms with Crippen LogP contribution in [0.4, 0.5) is 0 Å². The molecule has 1 heterocycles. The zero-order chi connectivity index (χ0) is 13.6. The predicted molar refractivity (Wildman–Crippen MR) is 80.4 cm³/mol. The van der Waals surface area contributed by atoms with Gasteiger partial charge in [0, 0.05) is 24.4 Å². The van der Waals surface area contributed by atoms with E-state index in [0.29, 0.717) is 5.41 Å². The molecule has 1 aromatic rings. The van der Waals surface area contributed by atoms with E-state index >= 15 is 0 Å². The first-order chi connectivity index (χ1) is 9.79. The van der Waals surface area contributed by atoms with E-state index < -0.39 is 0 Å². The zero-order valence-electron chi connectivity index (χ0n) is 12.4. The average Bonchev–Trinajstić information content (AvgIpc) is 2.86. The second-order valence-electron chi connectivity index (χ2n) is 7.64. The summed E-state index contributed by atoms with van der Waals surface area (Å²) in [7, 11) is 0. The second-order valence-corrected chi connectivity index (χ2v) is 7.64. The molecule has 0 aromatic carbocycles. The highest BCUT2D eigenvalue weighted by Gasteiger charge is 2.53. The van der Waals surface area contributed by atoms with Gasteiger partial charge in [0.05, 0.1) is 0 Å². The molecule has 5 rings (SSSR count). The van der Waals surface area contributed by atoms with Crippen LogP contribution in [-0.4, -0.2) is 16.1 Å². The van der Waals surface area contributed by atoms with Crippen molar-refractivity contribution in [2.24, 2.45) is 23.5 Å². The van der Waals surface area contributed by atoms with Crippen molar-refractivity contribution in [2.45, 2.75) is 63.3 Å². The van der Waals surface area contributed by atoms with Gasteiger partial charge in [0.15, 0.2) is 0 Å². The number of nitrogens with zero attached hydrogens (tertiary/aromatic N) is 2. The van der Waals surface area contributed by atoms with E-state index in [1.165, 1.54) is 50.8 Å². The van der Waals surface area contributed by atoms with Crippen LogP contribution >= 0.6 is 0 Å². The first-order valence-corrected chi connectivity index (χ1v) is 8.51. The lowest BCUT2D eigenvalue weighted by Gasteiger charge is -2.56. The molecule has 0 atom stereocenters. The second kappa shape index (κ2) is 4.87. The Labute approximate surface area is 122 Å². The van der Waals surface area contributed by atoms with Crippen LogP contribution < -0.4 is 5.73 Å². The monoisotopic (exact) mass is 273 g/mol. The van der Waals surface area contributed by atoms with Crippen molar-refractivity contribution in [1.29, 1.82) is 0 Å². The SMILES string of the molecule is NCCCCn1ccnc1C12CC3CC(CC(C3)C1)C2. The van der Waals surface area contributed by atoms with Gasteiger partial charge >= 0.3 is 0 Å². The fourth-order valence-electron chi connectivity index (χ4n) is 5.76. The lowest BCUT2D eigenvalue weighted by atomic mass is 9.49. The third-order valence-corrected chi connectivity index (χ3v) is 6.08. The first kappa shape index (κ1) is 12.9. The summed E-state index contributed by atoms with van der Waals surface area (Å²) < 4.78 is 2.45. The fraction of sp³-hybridized carbons (Fsp3) is 0.824. The van der Waals surface area contributed by atoms with Crippen molar-refractivity contribution in [3.8, 4) is 0 Å². The van der Waals surface area contributed by atoms with Crippen LogP contribution in [0.5, 0.6) is 0 Å². The molecule has 110 valence electrons. The van der Waals surface area contributed by atoms with E-state index in [-0.39, 0.29) is 0 Å². The summed E-state index contributed by atoms with van der Waals surface area (Å²) in [4.78, 5) is 4.82. The Hall–Kier alpha value is -0.830. The number of hydrogen-bond acceptors (Lipinski definition) is 2. The number of unbranched alkanes of at least 4 members (excludes halogenated alkanes) is 1. The van der Waals surface area contributed by atoms with E-state index in [9.17, 15) is 0 Å². The van der Waals surface area contributed by atoms with E-state index in [1.807, 2.05) is 6.20 Å². The van der Waals surface area contributed by atoms with Gasteiger partial charge in [-0.3, -0.25) is 0 Å². The Bertz CT molecular complexity index is 441. The van der Waals surface area contributed by atoms with Gasteiger partial charge in [0.1, 0.15) is 5.82 Å². The summed E-state index contributed by atoms with van der Waals surface area (Å²) in [6.07, 6.45) is 15.3. The number of aryl methyl sites for hydroxylation is 1. The van der Waals surface area contributed by atoms with E-state index in [1.54, 1.807) is 0 Å². The van der Waals surface area contributed by atoms with Crippen LogP contribution in [-0.2, 0) is 12.0 Å². The molecule has 0 radical (unpaired) electrons. The van der Waals surface area contributed by atoms with Crippen LogP contribution in [0.1, 0.15) is 57.2 Å². The van der Waals surface area contributed by atoms with E-state index in [0.717, 1.165) is 37.3 Å². The van der Waals surface area contributed by atoms with Crippen LogP contribution in [0.25, 0.3) is 0 Å². The Kier molecular flexibility index (Phi) is 3.13. The molecule has 2 N–H and O–H groups in total. The normalized spacial score (nSPS) is 38.5. The van der Waals surface area contributed by atoms with Gasteiger partial charge in [-0.25, -0.2) is 4.98 Å². The third kappa shape index (κ3) is 2.02. The number of hydrogen-bond donors (Lipinski definition) is 1. The standard InChI is InChI=1S/C17H27N3/c18-3-1-2-5-20-6-4-19-16(20)17-10-13-7-14(11-17)9-15(8-13)12-17/h4,6,13-15H,1-3,5,7-12,18H2. The van der Waals surface area contributed by atoms with Crippen LogP contribution in [0.3, 0.4) is 0 Å². The number of imidazole rings is 1. The highest BCUT2D eigenvalue weighted by atomic mass is 15.1. The summed E-state index contributed by atoms with van der Waals surface area (Å²) in [6.45, 7) is 1.91. The molecule has 1 aromatic heterocycles. The lowest BCUT2D eigenvalue weighted by Crippen LogP contribution is -2.49. The molecule has 0 spiro atoms. The molecule has 4 saturated carbocycles. The molecular formula is C17H27N3. The Balaban J connectivity index is 1.59. The van der Waals surface area contributed by atoms with Crippen molar-refractivity contribution < 1.29 is 0 Å². The van der Waals surface area contributed by atoms with E-state index in [4.69, 9.17) is 10.7 Å². The minimum absolute atomic E-state index is 0.432. The molecule has 4 bridgehead atoms. The molecule has 0 saturated heterocycles. The van der Waals surface area contributed by atoms with Crippen molar-refractivity contribution in [1.82, 2.24) is 9.55 Å². The highest BCUT2D eigenvalue weighted by molar-refractivity contribution is 5.18. The molecule has 0 amide bonds. The number of nitrogens with two attached hydrogens (primary N) is 1. The van der Waals surface area contributed by atoms with Crippen LogP contribution in [0.15, 0.2) is 12.4 Å². The fourth-order valence-corrected chi connectivity index (χ4v) is 5.76. The molecule has 0 unspecified atom stereocenters. The minimum Gasteiger partial charge on any atom is -0.334 e. The smallest absolute Gasteiger partial charge is 0.114 e. The van der Waals surface area contributed by atoms with Crippen molar-refractivity contribution in [2.75, 3.05) is 6.54 Å². The van der Waals surface area contributed by atoms with Gasteiger partial charge in [-0.15, -0.1) is 0 Å². The summed E-state index contributed by atoms with van der Waals surface area (Å²) in [5.41, 5.74) is 6.06. The van der Waals surface area contributed by atoms with Crippen LogP contribution in [0.2, 0.25) is 0 Å². The van der Waals surface area contributed by atoms with Crippen molar-refractivity contribution in [3.05, 3.63) is 18.2 Å². The van der Waals surface area contributed by atoms with Gasteiger partial charge in [0.2, 0.25) is 0 Å². The molecule has 3 nitrogen and oxygen atoms in total. The number of aromatic nitrogens is 2. The predicted octanol–water partition coefficient (Wildman–Crippen LogP) is 3.09.